The molecular formula is C59H105NO5. The second-order valence-electron chi connectivity index (χ2n) is 18.7. The lowest BCUT2D eigenvalue weighted by Crippen LogP contribution is -2.46. The molecule has 0 aromatic carbocycles. The lowest BCUT2D eigenvalue weighted by Gasteiger charge is -2.24. The molecular weight excluding hydrogens is 803 g/mol. The number of esters is 1. The summed E-state index contributed by atoms with van der Waals surface area (Å²) in [5.41, 5.74) is 0. The number of carbonyl (C=O) groups excluding carboxylic acids is 2. The van der Waals surface area contributed by atoms with Gasteiger partial charge in [0.05, 0.1) is 25.2 Å². The van der Waals surface area contributed by atoms with Crippen molar-refractivity contribution in [1.29, 1.82) is 0 Å². The van der Waals surface area contributed by atoms with E-state index in [1.807, 2.05) is 0 Å². The molecule has 0 heterocycles. The highest BCUT2D eigenvalue weighted by atomic mass is 16.5. The lowest BCUT2D eigenvalue weighted by atomic mass is 10.0. The molecule has 0 bridgehead atoms. The van der Waals surface area contributed by atoms with Gasteiger partial charge in [-0.2, -0.15) is 0 Å². The molecule has 6 heteroatoms. The zero-order valence-electron chi connectivity index (χ0n) is 42.9. The summed E-state index contributed by atoms with van der Waals surface area (Å²) in [5.74, 6) is -0.517. The highest BCUT2D eigenvalue weighted by Gasteiger charge is 2.24. The number of carbonyl (C=O) groups is 2. The van der Waals surface area contributed by atoms with Gasteiger partial charge in [0.1, 0.15) is 6.10 Å². The third-order valence-corrected chi connectivity index (χ3v) is 12.3. The van der Waals surface area contributed by atoms with Crippen LogP contribution < -0.4 is 5.32 Å². The maximum absolute atomic E-state index is 13.2. The van der Waals surface area contributed by atoms with Crippen molar-refractivity contribution in [3.8, 4) is 0 Å². The fourth-order valence-corrected chi connectivity index (χ4v) is 8.09. The topological polar surface area (TPSA) is 95.9 Å². The van der Waals surface area contributed by atoms with Gasteiger partial charge in [-0.25, -0.2) is 0 Å². The molecule has 3 unspecified atom stereocenters. The molecule has 0 aromatic rings. The molecule has 0 radical (unpaired) electrons. The molecule has 6 nitrogen and oxygen atoms in total. The molecule has 1 amide bonds. The Hall–Kier alpha value is -2.70. The minimum absolute atomic E-state index is 0.0520. The summed E-state index contributed by atoms with van der Waals surface area (Å²) in [5, 5.41) is 23.8. The van der Waals surface area contributed by atoms with E-state index in [4.69, 9.17) is 4.74 Å². The average Bonchev–Trinajstić information content (AvgIpc) is 3.30. The second-order valence-corrected chi connectivity index (χ2v) is 18.7. The maximum atomic E-state index is 13.2. The van der Waals surface area contributed by atoms with Crippen LogP contribution in [0.1, 0.15) is 265 Å². The van der Waals surface area contributed by atoms with Gasteiger partial charge in [0, 0.05) is 6.42 Å². The molecule has 0 saturated carbocycles. The summed E-state index contributed by atoms with van der Waals surface area (Å²) in [6.45, 7) is 6.43. The monoisotopic (exact) mass is 908 g/mol. The first kappa shape index (κ1) is 62.3. The van der Waals surface area contributed by atoms with Crippen molar-refractivity contribution in [2.24, 2.45) is 0 Å². The van der Waals surface area contributed by atoms with Crippen LogP contribution in [0.25, 0.3) is 0 Å². The number of hydrogen-bond donors (Lipinski definition) is 3. The summed E-state index contributed by atoms with van der Waals surface area (Å²) >= 11 is 0. The number of hydrogen-bond acceptors (Lipinski definition) is 5. The van der Waals surface area contributed by atoms with Crippen LogP contribution in [0, 0.1) is 0 Å². The number of ether oxygens (including phenoxy) is 1. The van der Waals surface area contributed by atoms with Crippen LogP contribution in [0.4, 0.5) is 0 Å². The van der Waals surface area contributed by atoms with Crippen molar-refractivity contribution in [3.63, 3.8) is 0 Å². The molecule has 0 spiro atoms. The molecule has 0 aliphatic heterocycles. The zero-order chi connectivity index (χ0) is 47.4. The van der Waals surface area contributed by atoms with Gasteiger partial charge in [0.25, 0.3) is 0 Å². The predicted molar refractivity (Wildman–Crippen MR) is 282 cm³/mol. The van der Waals surface area contributed by atoms with E-state index >= 15 is 0 Å². The lowest BCUT2D eigenvalue weighted by molar-refractivity contribution is -0.151. The Morgan fingerprint density at radius 1 is 0.462 bits per heavy atom. The van der Waals surface area contributed by atoms with Gasteiger partial charge in [-0.1, -0.05) is 235 Å². The van der Waals surface area contributed by atoms with E-state index in [2.05, 4.69) is 99.0 Å². The number of allylic oxidation sites excluding steroid dienone is 12. The van der Waals surface area contributed by atoms with Gasteiger partial charge >= 0.3 is 5.97 Å². The van der Waals surface area contributed by atoms with Crippen molar-refractivity contribution in [3.05, 3.63) is 72.9 Å². The van der Waals surface area contributed by atoms with E-state index in [9.17, 15) is 19.8 Å². The van der Waals surface area contributed by atoms with Gasteiger partial charge in [-0.05, 0) is 89.9 Å². The van der Waals surface area contributed by atoms with Gasteiger partial charge in [0.2, 0.25) is 5.91 Å². The van der Waals surface area contributed by atoms with Crippen LogP contribution in [-0.4, -0.2) is 46.9 Å². The molecule has 3 atom stereocenters. The standard InChI is InChI=1S/C59H105NO5/c1-4-7-10-13-16-19-22-24-26-28-30-32-34-37-40-43-46-49-52-59(64)65-55(50-47-44-41-38-36-33-31-29-27-25-23-20-17-14-11-8-5-2)53-58(63)60-56(54-61)57(62)51-48-45-42-39-35-21-18-15-12-9-6-3/h17,20,22,24-28,30-33,55-57,61-62H,4-16,18-19,21,23,29,34-54H2,1-3H3,(H,60,63)/b20-17-,24-22+,27-25-,28-26+,32-30+,33-31-. The highest BCUT2D eigenvalue weighted by molar-refractivity contribution is 5.77. The second kappa shape index (κ2) is 52.3. The van der Waals surface area contributed by atoms with E-state index in [0.717, 1.165) is 103 Å². The average molecular weight is 908 g/mol. The Labute approximate surface area is 402 Å². The van der Waals surface area contributed by atoms with Crippen LogP contribution in [0.3, 0.4) is 0 Å². The van der Waals surface area contributed by atoms with Gasteiger partial charge in [0.15, 0.2) is 0 Å². The molecule has 3 N–H and O–H groups in total. The summed E-state index contributed by atoms with van der Waals surface area (Å²) in [7, 11) is 0. The first-order valence-electron chi connectivity index (χ1n) is 27.7. The molecule has 0 aromatic heterocycles. The molecule has 376 valence electrons. The quantitative estimate of drug-likeness (QED) is 0.0245. The van der Waals surface area contributed by atoms with Gasteiger partial charge in [-0.3, -0.25) is 9.59 Å². The van der Waals surface area contributed by atoms with Crippen molar-refractivity contribution in [2.75, 3.05) is 6.61 Å². The van der Waals surface area contributed by atoms with Crippen LogP contribution in [-0.2, 0) is 14.3 Å². The number of unbranched alkanes of at least 4 members (excludes halogenated alkanes) is 27. The minimum atomic E-state index is -0.800. The van der Waals surface area contributed by atoms with E-state index < -0.39 is 18.2 Å². The predicted octanol–water partition coefficient (Wildman–Crippen LogP) is 17.0. The van der Waals surface area contributed by atoms with Crippen molar-refractivity contribution >= 4 is 11.9 Å². The summed E-state index contributed by atoms with van der Waals surface area (Å²) < 4.78 is 5.94. The third-order valence-electron chi connectivity index (χ3n) is 12.3. The van der Waals surface area contributed by atoms with E-state index in [-0.39, 0.29) is 24.9 Å². The molecule has 0 fully saturated rings. The van der Waals surface area contributed by atoms with E-state index in [0.29, 0.717) is 19.3 Å². The number of nitrogens with one attached hydrogen (secondary N) is 1. The minimum Gasteiger partial charge on any atom is -0.462 e. The fraction of sp³-hybridized carbons (Fsp3) is 0.763. The Balaban J connectivity index is 4.67. The normalized spacial score (nSPS) is 13.7. The Morgan fingerprint density at radius 2 is 0.846 bits per heavy atom. The zero-order valence-corrected chi connectivity index (χ0v) is 42.9. The number of amides is 1. The van der Waals surface area contributed by atoms with Gasteiger partial charge in [-0.15, -0.1) is 0 Å². The molecule has 65 heavy (non-hydrogen) atoms. The first-order valence-corrected chi connectivity index (χ1v) is 27.7. The van der Waals surface area contributed by atoms with Crippen LogP contribution in [0.5, 0.6) is 0 Å². The Morgan fingerprint density at radius 3 is 1.34 bits per heavy atom. The number of rotatable bonds is 49. The molecule has 0 aliphatic rings. The molecule has 0 saturated heterocycles. The largest absolute Gasteiger partial charge is 0.462 e. The third kappa shape index (κ3) is 47.6. The van der Waals surface area contributed by atoms with E-state index in [1.165, 1.54) is 116 Å². The van der Waals surface area contributed by atoms with Crippen molar-refractivity contribution in [1.82, 2.24) is 5.32 Å². The van der Waals surface area contributed by atoms with Crippen LogP contribution in [0.15, 0.2) is 72.9 Å². The summed E-state index contributed by atoms with van der Waals surface area (Å²) in [6, 6.07) is -0.716. The van der Waals surface area contributed by atoms with Gasteiger partial charge < -0.3 is 20.3 Å². The number of aliphatic hydroxyl groups is 2. The van der Waals surface area contributed by atoms with Crippen LogP contribution in [0.2, 0.25) is 0 Å². The number of aliphatic hydroxyl groups excluding tert-OH is 2. The summed E-state index contributed by atoms with van der Waals surface area (Å²) in [4.78, 5) is 26.2. The van der Waals surface area contributed by atoms with Crippen molar-refractivity contribution < 1.29 is 24.5 Å². The molecule has 0 aliphatic carbocycles. The Kier molecular flexibility index (Phi) is 50.1. The fourth-order valence-electron chi connectivity index (χ4n) is 8.09. The first-order chi connectivity index (χ1) is 32.0. The maximum Gasteiger partial charge on any atom is 0.306 e. The Bertz CT molecular complexity index is 1200. The highest BCUT2D eigenvalue weighted by Crippen LogP contribution is 2.17. The molecule has 0 rings (SSSR count). The van der Waals surface area contributed by atoms with Crippen molar-refractivity contribution in [2.45, 2.75) is 283 Å². The SMILES string of the molecule is CCCCC/C=C\C/C=C\C/C=C\CCCCCCC(CC(=O)NC(CO)C(O)CCCCCCCCCCCCC)OC(=O)CCCCCCC/C=C/C=C/C=C/CCCCCCC. The van der Waals surface area contributed by atoms with Crippen LogP contribution >= 0.6 is 0 Å². The summed E-state index contributed by atoms with van der Waals surface area (Å²) in [6.07, 6.45) is 66.7. The smallest absolute Gasteiger partial charge is 0.306 e. The van der Waals surface area contributed by atoms with E-state index in [1.54, 1.807) is 0 Å².